The molecule has 0 amide bonds. The molecule has 2 aromatic rings. The summed E-state index contributed by atoms with van der Waals surface area (Å²) in [7, 11) is 0. The van der Waals surface area contributed by atoms with E-state index in [4.69, 9.17) is 9.47 Å². The summed E-state index contributed by atoms with van der Waals surface area (Å²) in [6.45, 7) is 6.19. The zero-order chi connectivity index (χ0) is 18.2. The Hall–Kier alpha value is -2.00. The largest absolute Gasteiger partial charge is 0.490 e. The lowest BCUT2D eigenvalue weighted by atomic mass is 9.95. The van der Waals surface area contributed by atoms with Crippen LogP contribution in [0.3, 0.4) is 0 Å². The SMILES string of the molecule is CCOc1cc(CNC2CCCCC2)ccc1OCc1ccc(C)cc1. The number of nitrogens with one attached hydrogen (secondary N) is 1. The third-order valence-corrected chi connectivity index (χ3v) is 5.02. The third-order valence-electron chi connectivity index (χ3n) is 5.02. The average molecular weight is 354 g/mol. The number of hydrogen-bond acceptors (Lipinski definition) is 3. The summed E-state index contributed by atoms with van der Waals surface area (Å²) in [5.74, 6) is 1.65. The van der Waals surface area contributed by atoms with Crippen LogP contribution in [0.5, 0.6) is 11.5 Å². The van der Waals surface area contributed by atoms with Gasteiger partial charge in [0.25, 0.3) is 0 Å². The van der Waals surface area contributed by atoms with Gasteiger partial charge in [-0.05, 0) is 49.9 Å². The fourth-order valence-corrected chi connectivity index (χ4v) is 3.46. The molecule has 2 aromatic carbocycles. The lowest BCUT2D eigenvalue weighted by Gasteiger charge is -2.23. The van der Waals surface area contributed by atoms with E-state index < -0.39 is 0 Å². The van der Waals surface area contributed by atoms with Crippen LogP contribution >= 0.6 is 0 Å². The molecule has 1 aliphatic carbocycles. The van der Waals surface area contributed by atoms with Gasteiger partial charge < -0.3 is 14.8 Å². The van der Waals surface area contributed by atoms with Gasteiger partial charge in [-0.2, -0.15) is 0 Å². The van der Waals surface area contributed by atoms with E-state index >= 15 is 0 Å². The predicted molar refractivity (Wildman–Crippen MR) is 107 cm³/mol. The Kier molecular flexibility index (Phi) is 6.96. The lowest BCUT2D eigenvalue weighted by molar-refractivity contribution is 0.269. The van der Waals surface area contributed by atoms with Gasteiger partial charge >= 0.3 is 0 Å². The first-order valence-corrected chi connectivity index (χ1v) is 9.92. The first-order valence-electron chi connectivity index (χ1n) is 9.92. The standard InChI is InChI=1S/C23H31NO2/c1-3-25-23-15-20(16-24-21-7-5-4-6-8-21)13-14-22(23)26-17-19-11-9-18(2)10-12-19/h9-15,21,24H,3-8,16-17H2,1-2H3. The van der Waals surface area contributed by atoms with Crippen molar-refractivity contribution in [3.05, 3.63) is 59.2 Å². The van der Waals surface area contributed by atoms with Gasteiger partial charge in [0.05, 0.1) is 6.61 Å². The molecule has 0 spiro atoms. The van der Waals surface area contributed by atoms with Crippen molar-refractivity contribution in [2.45, 2.75) is 65.1 Å². The van der Waals surface area contributed by atoms with Crippen molar-refractivity contribution in [1.29, 1.82) is 0 Å². The van der Waals surface area contributed by atoms with Crippen LogP contribution in [-0.2, 0) is 13.2 Å². The topological polar surface area (TPSA) is 30.5 Å². The predicted octanol–water partition coefficient (Wildman–Crippen LogP) is 5.40. The molecule has 140 valence electrons. The monoisotopic (exact) mass is 353 g/mol. The fourth-order valence-electron chi connectivity index (χ4n) is 3.46. The molecular formula is C23H31NO2. The van der Waals surface area contributed by atoms with Crippen molar-refractivity contribution in [3.63, 3.8) is 0 Å². The summed E-state index contributed by atoms with van der Waals surface area (Å²) in [4.78, 5) is 0. The third kappa shape index (κ3) is 5.50. The summed E-state index contributed by atoms with van der Waals surface area (Å²) in [6, 6.07) is 15.4. The van der Waals surface area contributed by atoms with Crippen molar-refractivity contribution in [1.82, 2.24) is 5.32 Å². The Labute approximate surface area is 157 Å². The summed E-state index contributed by atoms with van der Waals surface area (Å²) >= 11 is 0. The van der Waals surface area contributed by atoms with Gasteiger partial charge in [0.1, 0.15) is 6.61 Å². The first-order chi connectivity index (χ1) is 12.7. The highest BCUT2D eigenvalue weighted by atomic mass is 16.5. The maximum absolute atomic E-state index is 6.02. The summed E-state index contributed by atoms with van der Waals surface area (Å²) in [5.41, 5.74) is 3.68. The van der Waals surface area contributed by atoms with Crippen LogP contribution in [0.1, 0.15) is 55.7 Å². The van der Waals surface area contributed by atoms with E-state index in [0.717, 1.165) is 18.0 Å². The van der Waals surface area contributed by atoms with E-state index in [1.54, 1.807) is 0 Å². The van der Waals surface area contributed by atoms with E-state index in [-0.39, 0.29) is 0 Å². The van der Waals surface area contributed by atoms with Crippen LogP contribution in [0.2, 0.25) is 0 Å². The zero-order valence-corrected chi connectivity index (χ0v) is 16.1. The zero-order valence-electron chi connectivity index (χ0n) is 16.1. The Morgan fingerprint density at radius 3 is 2.35 bits per heavy atom. The smallest absolute Gasteiger partial charge is 0.161 e. The van der Waals surface area contributed by atoms with E-state index in [1.165, 1.54) is 48.8 Å². The van der Waals surface area contributed by atoms with Crippen molar-refractivity contribution in [2.24, 2.45) is 0 Å². The van der Waals surface area contributed by atoms with Gasteiger partial charge in [-0.15, -0.1) is 0 Å². The van der Waals surface area contributed by atoms with Crippen LogP contribution in [-0.4, -0.2) is 12.6 Å². The van der Waals surface area contributed by atoms with Crippen LogP contribution in [0.4, 0.5) is 0 Å². The summed E-state index contributed by atoms with van der Waals surface area (Å²) in [6.07, 6.45) is 6.70. The van der Waals surface area contributed by atoms with Crippen LogP contribution < -0.4 is 14.8 Å². The average Bonchev–Trinajstić information content (AvgIpc) is 2.68. The molecule has 0 aromatic heterocycles. The Balaban J connectivity index is 1.60. The molecule has 1 N–H and O–H groups in total. The van der Waals surface area contributed by atoms with Gasteiger partial charge in [-0.1, -0.05) is 55.2 Å². The molecule has 1 saturated carbocycles. The molecule has 1 aliphatic rings. The minimum absolute atomic E-state index is 0.556. The number of benzene rings is 2. The number of aryl methyl sites for hydroxylation is 1. The molecule has 0 unspecified atom stereocenters. The van der Waals surface area contributed by atoms with Crippen molar-refractivity contribution < 1.29 is 9.47 Å². The minimum Gasteiger partial charge on any atom is -0.490 e. The number of hydrogen-bond donors (Lipinski definition) is 1. The highest BCUT2D eigenvalue weighted by Crippen LogP contribution is 2.29. The van der Waals surface area contributed by atoms with Gasteiger partial charge in [-0.25, -0.2) is 0 Å². The Morgan fingerprint density at radius 1 is 0.885 bits per heavy atom. The van der Waals surface area contributed by atoms with Crippen molar-refractivity contribution >= 4 is 0 Å². The molecule has 26 heavy (non-hydrogen) atoms. The number of ether oxygens (including phenoxy) is 2. The van der Waals surface area contributed by atoms with E-state index in [2.05, 4.69) is 48.6 Å². The summed E-state index contributed by atoms with van der Waals surface area (Å²) < 4.78 is 11.8. The van der Waals surface area contributed by atoms with E-state index in [0.29, 0.717) is 19.3 Å². The molecule has 0 aliphatic heterocycles. The molecular weight excluding hydrogens is 322 g/mol. The Morgan fingerprint density at radius 2 is 1.62 bits per heavy atom. The second-order valence-corrected chi connectivity index (χ2v) is 7.20. The molecule has 0 radical (unpaired) electrons. The maximum atomic E-state index is 6.02. The molecule has 3 heteroatoms. The van der Waals surface area contributed by atoms with Gasteiger partial charge in [0, 0.05) is 12.6 Å². The fraction of sp³-hybridized carbons (Fsp3) is 0.478. The highest BCUT2D eigenvalue weighted by Gasteiger charge is 2.13. The van der Waals surface area contributed by atoms with Gasteiger partial charge in [-0.3, -0.25) is 0 Å². The molecule has 0 heterocycles. The molecule has 0 saturated heterocycles. The van der Waals surface area contributed by atoms with Crippen LogP contribution in [0, 0.1) is 6.92 Å². The van der Waals surface area contributed by atoms with Crippen molar-refractivity contribution in [2.75, 3.05) is 6.61 Å². The van der Waals surface area contributed by atoms with Gasteiger partial charge in [0.15, 0.2) is 11.5 Å². The number of rotatable bonds is 8. The molecule has 0 atom stereocenters. The quantitative estimate of drug-likeness (QED) is 0.690. The van der Waals surface area contributed by atoms with E-state index in [1.807, 2.05) is 13.0 Å². The molecule has 0 bridgehead atoms. The van der Waals surface area contributed by atoms with Crippen molar-refractivity contribution in [3.8, 4) is 11.5 Å². The molecule has 1 fully saturated rings. The second kappa shape index (κ2) is 9.63. The second-order valence-electron chi connectivity index (χ2n) is 7.20. The minimum atomic E-state index is 0.556. The van der Waals surface area contributed by atoms with E-state index in [9.17, 15) is 0 Å². The van der Waals surface area contributed by atoms with Gasteiger partial charge in [0.2, 0.25) is 0 Å². The maximum Gasteiger partial charge on any atom is 0.161 e. The first kappa shape index (κ1) is 18.8. The molecule has 3 rings (SSSR count). The van der Waals surface area contributed by atoms with Crippen LogP contribution in [0.15, 0.2) is 42.5 Å². The highest BCUT2D eigenvalue weighted by molar-refractivity contribution is 5.43. The normalized spacial score (nSPS) is 15.0. The lowest BCUT2D eigenvalue weighted by Crippen LogP contribution is -2.30. The summed E-state index contributed by atoms with van der Waals surface area (Å²) in [5, 5.41) is 3.69. The Bertz CT molecular complexity index is 675. The molecule has 3 nitrogen and oxygen atoms in total. The van der Waals surface area contributed by atoms with Crippen LogP contribution in [0.25, 0.3) is 0 Å².